The standard InChI is InChI=1S/C39H78N2/c1-4-7-10-13-15-17-19-21-23-25-27-30-33-36-41-38-37-40(39(41)34-31-28-12-9-6-3)35-32-29-26-24-22-20-18-16-14-11-8-5-2/h37-39H,4-36H2,1-3H3. The maximum Gasteiger partial charge on any atom is 0.101 e. The van der Waals surface area contributed by atoms with Gasteiger partial charge in [0.15, 0.2) is 0 Å². The van der Waals surface area contributed by atoms with Gasteiger partial charge in [0.05, 0.1) is 0 Å². The lowest BCUT2D eigenvalue weighted by Crippen LogP contribution is -2.39. The summed E-state index contributed by atoms with van der Waals surface area (Å²) < 4.78 is 0. The number of hydrogen-bond donors (Lipinski definition) is 0. The summed E-state index contributed by atoms with van der Waals surface area (Å²) in [6.45, 7) is 9.48. The van der Waals surface area contributed by atoms with Crippen molar-refractivity contribution in [3.8, 4) is 0 Å². The first-order valence-corrected chi connectivity index (χ1v) is 19.5. The van der Waals surface area contributed by atoms with Crippen molar-refractivity contribution in [1.29, 1.82) is 0 Å². The Kier molecular flexibility index (Phi) is 28.8. The lowest BCUT2D eigenvalue weighted by Gasteiger charge is -2.33. The zero-order valence-corrected chi connectivity index (χ0v) is 29.0. The Morgan fingerprint density at radius 2 is 0.561 bits per heavy atom. The van der Waals surface area contributed by atoms with Crippen molar-refractivity contribution in [2.24, 2.45) is 0 Å². The lowest BCUT2D eigenvalue weighted by molar-refractivity contribution is 0.135. The molecule has 2 nitrogen and oxygen atoms in total. The summed E-state index contributed by atoms with van der Waals surface area (Å²) in [4.78, 5) is 5.41. The molecular weight excluding hydrogens is 496 g/mol. The molecule has 0 N–H and O–H groups in total. The second-order valence-corrected chi connectivity index (χ2v) is 13.6. The van der Waals surface area contributed by atoms with E-state index in [9.17, 15) is 0 Å². The van der Waals surface area contributed by atoms with Crippen LogP contribution in [-0.4, -0.2) is 29.1 Å². The molecule has 0 radical (unpaired) electrons. The molecule has 0 aromatic heterocycles. The quantitative estimate of drug-likeness (QED) is 0.0719. The van der Waals surface area contributed by atoms with Gasteiger partial charge in [-0.1, -0.05) is 194 Å². The molecule has 0 fully saturated rings. The minimum atomic E-state index is 0.640. The van der Waals surface area contributed by atoms with E-state index in [1.165, 1.54) is 212 Å². The third-order valence-corrected chi connectivity index (χ3v) is 9.57. The predicted octanol–water partition coefficient (Wildman–Crippen LogP) is 13.6. The summed E-state index contributed by atoms with van der Waals surface area (Å²) in [5.74, 6) is 0. The highest BCUT2D eigenvalue weighted by Gasteiger charge is 2.24. The van der Waals surface area contributed by atoms with Crippen LogP contribution in [0, 0.1) is 0 Å². The van der Waals surface area contributed by atoms with Gasteiger partial charge in [-0.05, 0) is 25.7 Å². The summed E-state index contributed by atoms with van der Waals surface area (Å²) >= 11 is 0. The number of unbranched alkanes of at least 4 members (excludes halogenated alkanes) is 27. The van der Waals surface area contributed by atoms with Crippen molar-refractivity contribution < 1.29 is 0 Å². The van der Waals surface area contributed by atoms with Crippen LogP contribution in [0.25, 0.3) is 0 Å². The zero-order valence-electron chi connectivity index (χ0n) is 29.0. The second-order valence-electron chi connectivity index (χ2n) is 13.6. The van der Waals surface area contributed by atoms with Crippen molar-refractivity contribution >= 4 is 0 Å². The molecular formula is C39H78N2. The van der Waals surface area contributed by atoms with E-state index in [-0.39, 0.29) is 0 Å². The molecule has 0 saturated carbocycles. The molecule has 244 valence electrons. The zero-order chi connectivity index (χ0) is 29.5. The van der Waals surface area contributed by atoms with Crippen LogP contribution in [0.2, 0.25) is 0 Å². The first kappa shape index (κ1) is 38.4. The van der Waals surface area contributed by atoms with Crippen molar-refractivity contribution in [2.75, 3.05) is 13.1 Å². The van der Waals surface area contributed by atoms with Crippen LogP contribution in [-0.2, 0) is 0 Å². The molecule has 2 heteroatoms. The minimum Gasteiger partial charge on any atom is -0.356 e. The van der Waals surface area contributed by atoms with Crippen molar-refractivity contribution in [3.63, 3.8) is 0 Å². The summed E-state index contributed by atoms with van der Waals surface area (Å²) in [6.07, 6.45) is 49.9. The van der Waals surface area contributed by atoms with Gasteiger partial charge in [0, 0.05) is 25.5 Å². The molecule has 1 aliphatic heterocycles. The Morgan fingerprint density at radius 1 is 0.317 bits per heavy atom. The van der Waals surface area contributed by atoms with Gasteiger partial charge >= 0.3 is 0 Å². The Hall–Kier alpha value is -0.660. The van der Waals surface area contributed by atoms with Gasteiger partial charge in [0.2, 0.25) is 0 Å². The SMILES string of the molecule is CCCCCCCCCCCCCCCN1C=CN(CCCCCCCCCCCCCC)C1CCCCCCC. The Morgan fingerprint density at radius 3 is 0.854 bits per heavy atom. The van der Waals surface area contributed by atoms with E-state index in [4.69, 9.17) is 0 Å². The molecule has 0 bridgehead atoms. The summed E-state index contributed by atoms with van der Waals surface area (Å²) in [7, 11) is 0. The molecule has 0 spiro atoms. The Labute approximate surface area is 260 Å². The van der Waals surface area contributed by atoms with E-state index in [1.807, 2.05) is 0 Å². The fourth-order valence-electron chi connectivity index (χ4n) is 6.72. The van der Waals surface area contributed by atoms with Gasteiger partial charge in [-0.15, -0.1) is 0 Å². The predicted molar refractivity (Wildman–Crippen MR) is 186 cm³/mol. The maximum atomic E-state index is 2.71. The second kappa shape index (κ2) is 30.8. The molecule has 0 aliphatic carbocycles. The molecule has 1 aliphatic rings. The van der Waals surface area contributed by atoms with Gasteiger partial charge in [0.25, 0.3) is 0 Å². The van der Waals surface area contributed by atoms with Crippen LogP contribution in [0.3, 0.4) is 0 Å². The Balaban J connectivity index is 2.13. The van der Waals surface area contributed by atoms with E-state index in [0.717, 1.165) is 0 Å². The van der Waals surface area contributed by atoms with Crippen LogP contribution in [0.15, 0.2) is 12.4 Å². The highest BCUT2D eigenvalue weighted by Crippen LogP contribution is 2.24. The lowest BCUT2D eigenvalue weighted by atomic mass is 10.0. The smallest absolute Gasteiger partial charge is 0.101 e. The van der Waals surface area contributed by atoms with Crippen molar-refractivity contribution in [3.05, 3.63) is 12.4 Å². The molecule has 1 rings (SSSR count). The van der Waals surface area contributed by atoms with Gasteiger partial charge in [-0.3, -0.25) is 0 Å². The topological polar surface area (TPSA) is 6.48 Å². The highest BCUT2D eigenvalue weighted by atomic mass is 15.4. The Bertz CT molecular complexity index is 530. The highest BCUT2D eigenvalue weighted by molar-refractivity contribution is 4.97. The fourth-order valence-corrected chi connectivity index (χ4v) is 6.72. The van der Waals surface area contributed by atoms with E-state index >= 15 is 0 Å². The van der Waals surface area contributed by atoms with Crippen molar-refractivity contribution in [1.82, 2.24) is 9.80 Å². The summed E-state index contributed by atoms with van der Waals surface area (Å²) in [5, 5.41) is 0. The van der Waals surface area contributed by atoms with Gasteiger partial charge in [-0.25, -0.2) is 0 Å². The summed E-state index contributed by atoms with van der Waals surface area (Å²) in [5.41, 5.74) is 0. The number of nitrogens with zero attached hydrogens (tertiary/aromatic N) is 2. The normalized spacial score (nSPS) is 15.0. The minimum absolute atomic E-state index is 0.640. The van der Waals surface area contributed by atoms with Crippen LogP contribution in [0.4, 0.5) is 0 Å². The molecule has 0 saturated heterocycles. The van der Waals surface area contributed by atoms with Gasteiger partial charge in [-0.2, -0.15) is 0 Å². The molecule has 41 heavy (non-hydrogen) atoms. The van der Waals surface area contributed by atoms with Crippen LogP contribution < -0.4 is 0 Å². The average Bonchev–Trinajstić information content (AvgIpc) is 3.37. The first-order valence-electron chi connectivity index (χ1n) is 19.5. The van der Waals surface area contributed by atoms with Crippen LogP contribution in [0.1, 0.15) is 220 Å². The van der Waals surface area contributed by atoms with Gasteiger partial charge in [0.1, 0.15) is 6.17 Å². The monoisotopic (exact) mass is 575 g/mol. The molecule has 0 amide bonds. The molecule has 0 aromatic carbocycles. The number of rotatable bonds is 33. The van der Waals surface area contributed by atoms with E-state index in [1.54, 1.807) is 0 Å². The molecule has 0 aromatic rings. The van der Waals surface area contributed by atoms with Crippen molar-refractivity contribution in [2.45, 2.75) is 226 Å². The number of hydrogen-bond acceptors (Lipinski definition) is 2. The maximum absolute atomic E-state index is 2.71. The van der Waals surface area contributed by atoms with E-state index in [0.29, 0.717) is 6.17 Å². The largest absolute Gasteiger partial charge is 0.356 e. The third kappa shape index (κ3) is 23.5. The van der Waals surface area contributed by atoms with E-state index in [2.05, 4.69) is 43.0 Å². The van der Waals surface area contributed by atoms with Gasteiger partial charge < -0.3 is 9.80 Å². The average molecular weight is 575 g/mol. The van der Waals surface area contributed by atoms with Crippen LogP contribution >= 0.6 is 0 Å². The van der Waals surface area contributed by atoms with Crippen LogP contribution in [0.5, 0.6) is 0 Å². The molecule has 1 unspecified atom stereocenters. The fraction of sp³-hybridized carbons (Fsp3) is 0.949. The third-order valence-electron chi connectivity index (χ3n) is 9.57. The summed E-state index contributed by atoms with van der Waals surface area (Å²) in [6, 6.07) is 0. The van der Waals surface area contributed by atoms with E-state index < -0.39 is 0 Å². The first-order chi connectivity index (χ1) is 20.3. The molecule has 1 atom stereocenters. The molecule has 1 heterocycles.